The second-order valence-electron chi connectivity index (χ2n) is 5.42. The second kappa shape index (κ2) is 3.88. The van der Waals surface area contributed by atoms with Crippen LogP contribution in [0.2, 0.25) is 5.02 Å². The highest BCUT2D eigenvalue weighted by Crippen LogP contribution is 2.31. The molecule has 17 heavy (non-hydrogen) atoms. The molecule has 0 aliphatic heterocycles. The van der Waals surface area contributed by atoms with Gasteiger partial charge in [-0.05, 0) is 30.7 Å². The molecule has 0 aliphatic rings. The molecule has 2 aromatic rings. The monoisotopic (exact) mass is 248 g/mol. The van der Waals surface area contributed by atoms with E-state index in [1.165, 1.54) is 0 Å². The summed E-state index contributed by atoms with van der Waals surface area (Å²) in [5.74, 6) is 0. The Bertz CT molecular complexity index is 583. The first-order chi connectivity index (χ1) is 7.80. The molecule has 2 nitrogen and oxygen atoms in total. The summed E-state index contributed by atoms with van der Waals surface area (Å²) >= 11 is 6.13. The van der Waals surface area contributed by atoms with Crippen LogP contribution in [0.5, 0.6) is 0 Å². The van der Waals surface area contributed by atoms with Crippen molar-refractivity contribution in [3.63, 3.8) is 0 Å². The Morgan fingerprint density at radius 3 is 2.47 bits per heavy atom. The van der Waals surface area contributed by atoms with Crippen LogP contribution in [0, 0.1) is 6.92 Å². The lowest BCUT2D eigenvalue weighted by Gasteiger charge is -2.19. The zero-order valence-electron chi connectivity index (χ0n) is 10.6. The Balaban J connectivity index is 2.84. The molecule has 2 rings (SSSR count). The molecular weight excluding hydrogens is 232 g/mol. The first-order valence-electron chi connectivity index (χ1n) is 5.66. The van der Waals surface area contributed by atoms with E-state index in [0.29, 0.717) is 0 Å². The summed E-state index contributed by atoms with van der Waals surface area (Å²) in [5.41, 5.74) is 9.72. The van der Waals surface area contributed by atoms with Gasteiger partial charge in [0.2, 0.25) is 0 Å². The Kier molecular flexibility index (Phi) is 2.78. The molecule has 0 fully saturated rings. The van der Waals surface area contributed by atoms with Gasteiger partial charge in [-0.1, -0.05) is 32.4 Å². The molecular formula is C14H17ClN2. The van der Waals surface area contributed by atoms with E-state index in [-0.39, 0.29) is 5.41 Å². The van der Waals surface area contributed by atoms with Crippen molar-refractivity contribution >= 4 is 28.2 Å². The van der Waals surface area contributed by atoms with E-state index in [1.54, 1.807) is 0 Å². The van der Waals surface area contributed by atoms with Crippen molar-refractivity contribution < 1.29 is 0 Å². The molecule has 0 aliphatic carbocycles. The molecule has 0 saturated carbocycles. The maximum absolute atomic E-state index is 6.13. The molecule has 0 unspecified atom stereocenters. The predicted molar refractivity (Wildman–Crippen MR) is 74.6 cm³/mol. The minimum Gasteiger partial charge on any atom is -0.398 e. The summed E-state index contributed by atoms with van der Waals surface area (Å²) in [7, 11) is 0. The van der Waals surface area contributed by atoms with Gasteiger partial charge in [-0.2, -0.15) is 0 Å². The molecule has 0 amide bonds. The zero-order chi connectivity index (χ0) is 12.8. The van der Waals surface area contributed by atoms with Crippen LogP contribution >= 0.6 is 11.6 Å². The normalized spacial score (nSPS) is 12.1. The average Bonchev–Trinajstić information content (AvgIpc) is 2.22. The van der Waals surface area contributed by atoms with Crippen molar-refractivity contribution in [1.29, 1.82) is 0 Å². The standard InChI is InChI=1S/C14H17ClN2/c1-8-10(15)6-5-9-11(16)7-12(14(2,3)4)17-13(8)9/h5-7H,1-4H3,(H2,16,17). The van der Waals surface area contributed by atoms with Gasteiger partial charge in [-0.3, -0.25) is 4.98 Å². The molecule has 1 aromatic carbocycles. The molecule has 0 bridgehead atoms. The van der Waals surface area contributed by atoms with Gasteiger partial charge in [0.1, 0.15) is 0 Å². The Labute approximate surface area is 107 Å². The minimum atomic E-state index is -0.0168. The van der Waals surface area contributed by atoms with Crippen molar-refractivity contribution in [2.24, 2.45) is 0 Å². The van der Waals surface area contributed by atoms with Crippen LogP contribution in [0.3, 0.4) is 0 Å². The molecule has 2 N–H and O–H groups in total. The fraction of sp³-hybridized carbons (Fsp3) is 0.357. The van der Waals surface area contributed by atoms with E-state index in [4.69, 9.17) is 22.3 Å². The largest absolute Gasteiger partial charge is 0.398 e. The molecule has 1 heterocycles. The van der Waals surface area contributed by atoms with Gasteiger partial charge in [0, 0.05) is 27.2 Å². The lowest BCUT2D eigenvalue weighted by Crippen LogP contribution is -2.14. The van der Waals surface area contributed by atoms with Crippen molar-refractivity contribution in [3.05, 3.63) is 34.5 Å². The van der Waals surface area contributed by atoms with E-state index in [1.807, 2.05) is 25.1 Å². The highest BCUT2D eigenvalue weighted by molar-refractivity contribution is 6.32. The maximum Gasteiger partial charge on any atom is 0.0770 e. The quantitative estimate of drug-likeness (QED) is 0.763. The van der Waals surface area contributed by atoms with Crippen molar-refractivity contribution in [2.75, 3.05) is 5.73 Å². The summed E-state index contributed by atoms with van der Waals surface area (Å²) in [6, 6.07) is 5.75. The molecule has 90 valence electrons. The fourth-order valence-electron chi connectivity index (χ4n) is 1.81. The van der Waals surface area contributed by atoms with Crippen LogP contribution < -0.4 is 5.73 Å². The Morgan fingerprint density at radius 1 is 1.24 bits per heavy atom. The number of nitrogens with zero attached hydrogens (tertiary/aromatic N) is 1. The van der Waals surface area contributed by atoms with Gasteiger partial charge in [0.25, 0.3) is 0 Å². The number of nitrogens with two attached hydrogens (primary N) is 1. The fourth-order valence-corrected chi connectivity index (χ4v) is 1.97. The highest BCUT2D eigenvalue weighted by Gasteiger charge is 2.18. The van der Waals surface area contributed by atoms with Crippen LogP contribution in [-0.2, 0) is 5.41 Å². The molecule has 0 spiro atoms. The molecule has 3 heteroatoms. The number of anilines is 1. The number of aromatic nitrogens is 1. The number of fused-ring (bicyclic) bond motifs is 1. The van der Waals surface area contributed by atoms with Crippen molar-refractivity contribution in [1.82, 2.24) is 4.98 Å². The van der Waals surface area contributed by atoms with E-state index in [9.17, 15) is 0 Å². The molecule has 0 radical (unpaired) electrons. The van der Waals surface area contributed by atoms with Gasteiger partial charge in [0.05, 0.1) is 5.52 Å². The topological polar surface area (TPSA) is 38.9 Å². The number of halogens is 1. The van der Waals surface area contributed by atoms with Crippen LogP contribution in [0.4, 0.5) is 5.69 Å². The molecule has 0 saturated heterocycles. The summed E-state index contributed by atoms with van der Waals surface area (Å²) in [4.78, 5) is 4.70. The first kappa shape index (κ1) is 12.2. The Hall–Kier alpha value is -1.28. The molecule has 1 aromatic heterocycles. The van der Waals surface area contributed by atoms with E-state index in [2.05, 4.69) is 20.8 Å². The van der Waals surface area contributed by atoms with Crippen molar-refractivity contribution in [2.45, 2.75) is 33.1 Å². The van der Waals surface area contributed by atoms with Crippen LogP contribution in [-0.4, -0.2) is 4.98 Å². The smallest absolute Gasteiger partial charge is 0.0770 e. The third-order valence-electron chi connectivity index (χ3n) is 2.97. The van der Waals surface area contributed by atoms with Gasteiger partial charge < -0.3 is 5.73 Å². The van der Waals surface area contributed by atoms with Crippen molar-refractivity contribution in [3.8, 4) is 0 Å². The highest BCUT2D eigenvalue weighted by atomic mass is 35.5. The third kappa shape index (κ3) is 2.09. The van der Waals surface area contributed by atoms with E-state index in [0.717, 1.165) is 32.9 Å². The summed E-state index contributed by atoms with van der Waals surface area (Å²) in [6.45, 7) is 8.35. The van der Waals surface area contributed by atoms with Gasteiger partial charge in [0.15, 0.2) is 0 Å². The maximum atomic E-state index is 6.13. The van der Waals surface area contributed by atoms with Gasteiger partial charge in [-0.15, -0.1) is 0 Å². The molecule has 0 atom stereocenters. The number of rotatable bonds is 0. The van der Waals surface area contributed by atoms with Gasteiger partial charge >= 0.3 is 0 Å². The SMILES string of the molecule is Cc1c(Cl)ccc2c(N)cc(C(C)(C)C)nc12. The number of benzene rings is 1. The Morgan fingerprint density at radius 2 is 1.88 bits per heavy atom. The van der Waals surface area contributed by atoms with Crippen LogP contribution in [0.1, 0.15) is 32.0 Å². The van der Waals surface area contributed by atoms with Gasteiger partial charge in [-0.25, -0.2) is 0 Å². The lowest BCUT2D eigenvalue weighted by molar-refractivity contribution is 0.572. The number of hydrogen-bond acceptors (Lipinski definition) is 2. The summed E-state index contributed by atoms with van der Waals surface area (Å²) in [6.07, 6.45) is 0. The van der Waals surface area contributed by atoms with Crippen LogP contribution in [0.25, 0.3) is 10.9 Å². The predicted octanol–water partition coefficient (Wildman–Crippen LogP) is 4.08. The van der Waals surface area contributed by atoms with E-state index < -0.39 is 0 Å². The number of nitrogen functional groups attached to an aromatic ring is 1. The number of aryl methyl sites for hydroxylation is 1. The minimum absolute atomic E-state index is 0.0168. The third-order valence-corrected chi connectivity index (χ3v) is 3.38. The number of pyridine rings is 1. The second-order valence-corrected chi connectivity index (χ2v) is 5.82. The number of hydrogen-bond donors (Lipinski definition) is 1. The summed E-state index contributed by atoms with van der Waals surface area (Å²) in [5, 5.41) is 1.70. The van der Waals surface area contributed by atoms with E-state index >= 15 is 0 Å². The van der Waals surface area contributed by atoms with Crippen LogP contribution in [0.15, 0.2) is 18.2 Å². The zero-order valence-corrected chi connectivity index (χ0v) is 11.4. The summed E-state index contributed by atoms with van der Waals surface area (Å²) < 4.78 is 0. The average molecular weight is 249 g/mol. The first-order valence-corrected chi connectivity index (χ1v) is 6.04. The lowest BCUT2D eigenvalue weighted by atomic mass is 9.90.